The van der Waals surface area contributed by atoms with Gasteiger partial charge in [-0.2, -0.15) is 0 Å². The molecule has 0 saturated carbocycles. The van der Waals surface area contributed by atoms with Crippen molar-refractivity contribution in [2.75, 3.05) is 32.8 Å². The summed E-state index contributed by atoms with van der Waals surface area (Å²) in [6.07, 6.45) is 3.61. The van der Waals surface area contributed by atoms with Crippen LogP contribution >= 0.6 is 0 Å². The summed E-state index contributed by atoms with van der Waals surface area (Å²) in [5, 5.41) is 0. The molecule has 7 nitrogen and oxygen atoms in total. The lowest BCUT2D eigenvalue weighted by Crippen LogP contribution is -2.38. The minimum absolute atomic E-state index is 0.210. The molecular formula is C19H24N2O5S. The van der Waals surface area contributed by atoms with E-state index in [1.807, 2.05) is 12.1 Å². The van der Waals surface area contributed by atoms with Crippen LogP contribution in [0.25, 0.3) is 0 Å². The molecule has 8 heteroatoms. The Labute approximate surface area is 159 Å². The molecular weight excluding hydrogens is 368 g/mol. The molecule has 2 aromatic rings. The Kier molecular flexibility index (Phi) is 5.38. The highest BCUT2D eigenvalue weighted by Gasteiger charge is 2.23. The smallest absolute Gasteiger partial charge is 0.240 e. The van der Waals surface area contributed by atoms with Crippen LogP contribution in [0.1, 0.15) is 18.6 Å². The quantitative estimate of drug-likeness (QED) is 0.812. The maximum atomic E-state index is 12.6. The van der Waals surface area contributed by atoms with Gasteiger partial charge in [0.25, 0.3) is 0 Å². The first kappa shape index (κ1) is 18.3. The lowest BCUT2D eigenvalue weighted by Gasteiger charge is -2.31. The maximum absolute atomic E-state index is 12.6. The Hall–Kier alpha value is -2.03. The van der Waals surface area contributed by atoms with Crippen molar-refractivity contribution in [3.05, 3.63) is 42.4 Å². The number of nitrogens with zero attached hydrogens (tertiary/aromatic N) is 1. The molecule has 0 amide bonds. The molecule has 0 spiro atoms. The van der Waals surface area contributed by atoms with Crippen LogP contribution in [0.15, 0.2) is 45.9 Å². The van der Waals surface area contributed by atoms with Crippen molar-refractivity contribution in [1.29, 1.82) is 0 Å². The molecule has 27 heavy (non-hydrogen) atoms. The van der Waals surface area contributed by atoms with Crippen molar-refractivity contribution in [1.82, 2.24) is 9.62 Å². The number of hydrogen-bond donors (Lipinski definition) is 1. The van der Waals surface area contributed by atoms with Crippen molar-refractivity contribution in [2.24, 2.45) is 5.92 Å². The zero-order valence-corrected chi connectivity index (χ0v) is 15.9. The Morgan fingerprint density at radius 2 is 1.85 bits per heavy atom. The molecule has 2 aliphatic heterocycles. The van der Waals surface area contributed by atoms with Gasteiger partial charge in [-0.1, -0.05) is 0 Å². The summed E-state index contributed by atoms with van der Waals surface area (Å²) in [6.45, 7) is 4.05. The van der Waals surface area contributed by atoms with Gasteiger partial charge in [-0.25, -0.2) is 13.1 Å². The summed E-state index contributed by atoms with van der Waals surface area (Å²) in [7, 11) is -3.56. The van der Waals surface area contributed by atoms with Gasteiger partial charge in [0.2, 0.25) is 10.0 Å². The number of ether oxygens (including phenoxy) is 2. The van der Waals surface area contributed by atoms with Crippen LogP contribution in [0.5, 0.6) is 11.5 Å². The summed E-state index contributed by atoms with van der Waals surface area (Å²) in [6, 6.07) is 8.61. The molecule has 1 saturated heterocycles. The second kappa shape index (κ2) is 7.92. The van der Waals surface area contributed by atoms with Crippen LogP contribution in [-0.2, 0) is 16.6 Å². The van der Waals surface area contributed by atoms with Crippen LogP contribution in [0, 0.1) is 5.92 Å². The van der Waals surface area contributed by atoms with Gasteiger partial charge >= 0.3 is 0 Å². The average molecular weight is 392 g/mol. The molecule has 1 aromatic carbocycles. The predicted octanol–water partition coefficient (Wildman–Crippen LogP) is 2.24. The molecule has 1 fully saturated rings. The van der Waals surface area contributed by atoms with Crippen LogP contribution in [0.4, 0.5) is 0 Å². The molecule has 0 atom stereocenters. The third-order valence-electron chi connectivity index (χ3n) is 5.05. The summed E-state index contributed by atoms with van der Waals surface area (Å²) < 4.78 is 44.3. The lowest BCUT2D eigenvalue weighted by atomic mass is 9.97. The highest BCUT2D eigenvalue weighted by atomic mass is 32.2. The van der Waals surface area contributed by atoms with E-state index in [0.29, 0.717) is 37.2 Å². The van der Waals surface area contributed by atoms with E-state index < -0.39 is 10.0 Å². The van der Waals surface area contributed by atoms with Crippen molar-refractivity contribution in [3.63, 3.8) is 0 Å². The molecule has 0 unspecified atom stereocenters. The number of furan rings is 1. The molecule has 0 aliphatic carbocycles. The third-order valence-corrected chi connectivity index (χ3v) is 6.47. The van der Waals surface area contributed by atoms with Crippen molar-refractivity contribution in [2.45, 2.75) is 24.3 Å². The fourth-order valence-corrected chi connectivity index (χ4v) is 4.60. The van der Waals surface area contributed by atoms with Crippen molar-refractivity contribution < 1.29 is 22.3 Å². The normalized spacial score (nSPS) is 18.5. The maximum Gasteiger partial charge on any atom is 0.240 e. The van der Waals surface area contributed by atoms with E-state index in [2.05, 4.69) is 9.62 Å². The second-order valence-corrected chi connectivity index (χ2v) is 8.72. The number of fused-ring (bicyclic) bond motifs is 1. The van der Waals surface area contributed by atoms with Crippen LogP contribution in [0.2, 0.25) is 0 Å². The average Bonchev–Trinajstić information content (AvgIpc) is 3.20. The van der Waals surface area contributed by atoms with Gasteiger partial charge in [-0.15, -0.1) is 0 Å². The Morgan fingerprint density at radius 1 is 1.07 bits per heavy atom. The lowest BCUT2D eigenvalue weighted by molar-refractivity contribution is 0.167. The molecule has 146 valence electrons. The van der Waals surface area contributed by atoms with E-state index in [1.54, 1.807) is 18.4 Å². The molecule has 0 bridgehead atoms. The number of sulfonamides is 1. The standard InChI is InChI=1S/C19H24N2O5S/c22-27(23,17-3-4-18-19(12-17)26-11-10-25-18)20-13-15-5-7-21(8-6-15)14-16-2-1-9-24-16/h1-4,9,12,15,20H,5-8,10-11,13-14H2. The van der Waals surface area contributed by atoms with Crippen LogP contribution < -0.4 is 14.2 Å². The Balaban J connectivity index is 1.29. The number of benzene rings is 1. The van der Waals surface area contributed by atoms with Gasteiger partial charge in [-0.3, -0.25) is 4.90 Å². The van der Waals surface area contributed by atoms with Crippen molar-refractivity contribution in [3.8, 4) is 11.5 Å². The number of hydrogen-bond acceptors (Lipinski definition) is 6. The number of rotatable bonds is 6. The predicted molar refractivity (Wildman–Crippen MR) is 99.3 cm³/mol. The van der Waals surface area contributed by atoms with E-state index in [9.17, 15) is 8.42 Å². The van der Waals surface area contributed by atoms with Crippen LogP contribution in [0.3, 0.4) is 0 Å². The highest BCUT2D eigenvalue weighted by molar-refractivity contribution is 7.89. The first-order chi connectivity index (χ1) is 13.1. The van der Waals surface area contributed by atoms with Crippen LogP contribution in [-0.4, -0.2) is 46.2 Å². The number of nitrogens with one attached hydrogen (secondary N) is 1. The molecule has 4 rings (SSSR count). The molecule has 1 N–H and O–H groups in total. The molecule has 3 heterocycles. The summed E-state index contributed by atoms with van der Waals surface area (Å²) in [4.78, 5) is 2.55. The fourth-order valence-electron chi connectivity index (χ4n) is 3.47. The minimum Gasteiger partial charge on any atom is -0.486 e. The summed E-state index contributed by atoms with van der Waals surface area (Å²) in [5.74, 6) is 2.37. The first-order valence-electron chi connectivity index (χ1n) is 9.24. The van der Waals surface area contributed by atoms with Gasteiger partial charge < -0.3 is 13.9 Å². The van der Waals surface area contributed by atoms with Gasteiger partial charge in [0.15, 0.2) is 11.5 Å². The monoisotopic (exact) mass is 392 g/mol. The van der Waals surface area contributed by atoms with Gasteiger partial charge in [-0.05, 0) is 56.1 Å². The van der Waals surface area contributed by atoms with E-state index in [0.717, 1.165) is 38.2 Å². The molecule has 1 aromatic heterocycles. The summed E-state index contributed by atoms with van der Waals surface area (Å²) >= 11 is 0. The Morgan fingerprint density at radius 3 is 2.59 bits per heavy atom. The summed E-state index contributed by atoms with van der Waals surface area (Å²) in [5.41, 5.74) is 0. The molecule has 2 aliphatic rings. The first-order valence-corrected chi connectivity index (χ1v) is 10.7. The fraction of sp³-hybridized carbons (Fsp3) is 0.474. The second-order valence-electron chi connectivity index (χ2n) is 6.96. The van der Waals surface area contributed by atoms with Gasteiger partial charge in [0.1, 0.15) is 19.0 Å². The highest BCUT2D eigenvalue weighted by Crippen LogP contribution is 2.32. The minimum atomic E-state index is -3.56. The van der Waals surface area contributed by atoms with E-state index in [1.165, 1.54) is 6.07 Å². The van der Waals surface area contributed by atoms with E-state index >= 15 is 0 Å². The van der Waals surface area contributed by atoms with Gasteiger partial charge in [0.05, 0.1) is 17.7 Å². The van der Waals surface area contributed by atoms with Crippen molar-refractivity contribution >= 4 is 10.0 Å². The largest absolute Gasteiger partial charge is 0.486 e. The Bertz CT molecular complexity index is 858. The SMILES string of the molecule is O=S(=O)(NCC1CCN(Cc2ccco2)CC1)c1ccc2c(c1)OCCO2. The third kappa shape index (κ3) is 4.45. The molecule has 0 radical (unpaired) electrons. The zero-order valence-electron chi connectivity index (χ0n) is 15.1. The van der Waals surface area contributed by atoms with E-state index in [4.69, 9.17) is 13.9 Å². The van der Waals surface area contributed by atoms with E-state index in [-0.39, 0.29) is 4.90 Å². The number of piperidine rings is 1. The van der Waals surface area contributed by atoms with Gasteiger partial charge in [0, 0.05) is 12.6 Å². The topological polar surface area (TPSA) is 81.0 Å². The number of likely N-dealkylation sites (tertiary alicyclic amines) is 1. The zero-order chi connectivity index (χ0) is 18.7.